The second-order valence-electron chi connectivity index (χ2n) is 7.40. The van der Waals surface area contributed by atoms with Gasteiger partial charge in [0.25, 0.3) is 0 Å². The van der Waals surface area contributed by atoms with Crippen molar-refractivity contribution in [2.24, 2.45) is 5.92 Å². The van der Waals surface area contributed by atoms with E-state index in [9.17, 15) is 4.79 Å². The van der Waals surface area contributed by atoms with Crippen molar-refractivity contribution in [1.82, 2.24) is 4.98 Å². The van der Waals surface area contributed by atoms with Crippen molar-refractivity contribution in [3.8, 4) is 5.75 Å². The maximum Gasteiger partial charge on any atom is 0.172 e. The van der Waals surface area contributed by atoms with E-state index in [4.69, 9.17) is 9.72 Å². The van der Waals surface area contributed by atoms with Gasteiger partial charge in [-0.2, -0.15) is 0 Å². The summed E-state index contributed by atoms with van der Waals surface area (Å²) in [6.07, 6.45) is 6.25. The number of unbranched alkanes of at least 4 members (excludes halogenated alkanes) is 2. The highest BCUT2D eigenvalue weighted by molar-refractivity contribution is 6.01. The molecule has 0 bridgehead atoms. The Morgan fingerprint density at radius 2 is 1.90 bits per heavy atom. The third-order valence-corrected chi connectivity index (χ3v) is 5.45. The van der Waals surface area contributed by atoms with Crippen LogP contribution < -0.4 is 4.74 Å². The van der Waals surface area contributed by atoms with E-state index in [-0.39, 0.29) is 17.6 Å². The SMILES string of the molecule is C=C[C@H](CCCCC)[C@H](C(=O)c1ccccc1)c1ccc2cc(OC)ccc2n1. The number of rotatable bonds is 10. The molecule has 3 nitrogen and oxygen atoms in total. The highest BCUT2D eigenvalue weighted by Crippen LogP contribution is 2.33. The summed E-state index contributed by atoms with van der Waals surface area (Å²) in [4.78, 5) is 18.4. The minimum absolute atomic E-state index is 0.0532. The molecule has 2 atom stereocenters. The van der Waals surface area contributed by atoms with Gasteiger partial charge in [0.15, 0.2) is 5.78 Å². The number of ketones is 1. The number of hydrogen-bond donors (Lipinski definition) is 0. The van der Waals surface area contributed by atoms with Crippen LogP contribution in [-0.2, 0) is 0 Å². The second-order valence-corrected chi connectivity index (χ2v) is 7.40. The lowest BCUT2D eigenvalue weighted by Crippen LogP contribution is -2.22. The largest absolute Gasteiger partial charge is 0.497 e. The molecule has 0 radical (unpaired) electrons. The zero-order chi connectivity index (χ0) is 20.6. The monoisotopic (exact) mass is 387 g/mol. The van der Waals surface area contributed by atoms with Crippen LogP contribution in [0.3, 0.4) is 0 Å². The number of allylic oxidation sites excluding steroid dienone is 1. The fourth-order valence-electron chi connectivity index (χ4n) is 3.80. The smallest absolute Gasteiger partial charge is 0.172 e. The Hall–Kier alpha value is -2.94. The van der Waals surface area contributed by atoms with Crippen LogP contribution in [0.1, 0.15) is 54.6 Å². The van der Waals surface area contributed by atoms with Crippen LogP contribution in [-0.4, -0.2) is 17.9 Å². The van der Waals surface area contributed by atoms with E-state index in [0.717, 1.165) is 53.6 Å². The van der Waals surface area contributed by atoms with E-state index in [1.165, 1.54) is 0 Å². The topological polar surface area (TPSA) is 39.2 Å². The van der Waals surface area contributed by atoms with Gasteiger partial charge in [-0.15, -0.1) is 6.58 Å². The minimum atomic E-state index is -0.335. The zero-order valence-electron chi connectivity index (χ0n) is 17.3. The number of nitrogens with zero attached hydrogens (tertiary/aromatic N) is 1. The summed E-state index contributed by atoms with van der Waals surface area (Å²) in [5.74, 6) is 0.621. The number of hydrogen-bond acceptors (Lipinski definition) is 3. The summed E-state index contributed by atoms with van der Waals surface area (Å²) in [5.41, 5.74) is 2.39. The van der Waals surface area contributed by atoms with Crippen LogP contribution in [0.15, 0.2) is 73.3 Å². The molecule has 1 aromatic heterocycles. The van der Waals surface area contributed by atoms with Crippen LogP contribution >= 0.6 is 0 Å². The van der Waals surface area contributed by atoms with Crippen LogP contribution in [0.2, 0.25) is 0 Å². The number of ether oxygens (including phenoxy) is 1. The lowest BCUT2D eigenvalue weighted by Gasteiger charge is -2.24. The number of Topliss-reactive ketones (excluding diaryl/α,β-unsaturated/α-hetero) is 1. The molecule has 0 aliphatic heterocycles. The van der Waals surface area contributed by atoms with Crippen molar-refractivity contribution in [2.75, 3.05) is 7.11 Å². The molecule has 0 unspecified atom stereocenters. The normalized spacial score (nSPS) is 13.0. The van der Waals surface area contributed by atoms with E-state index in [1.54, 1.807) is 7.11 Å². The summed E-state index contributed by atoms with van der Waals surface area (Å²) in [6, 6.07) is 19.3. The molecule has 3 heteroatoms. The van der Waals surface area contributed by atoms with Gasteiger partial charge in [-0.1, -0.05) is 68.7 Å². The predicted octanol–water partition coefficient (Wildman–Crippen LogP) is 6.59. The highest BCUT2D eigenvalue weighted by atomic mass is 16.5. The van der Waals surface area contributed by atoms with Gasteiger partial charge in [-0.3, -0.25) is 9.78 Å². The van der Waals surface area contributed by atoms with Crippen LogP contribution in [0.5, 0.6) is 5.75 Å². The standard InChI is InChI=1S/C26H29NO2/c1-4-6-8-11-19(5-2)25(26(28)20-12-9-7-10-13-20)24-16-14-21-18-22(29-3)15-17-23(21)27-24/h5,7,9-10,12-19,25H,2,4,6,8,11H2,1,3H3/t19-,25+/m1/s1. The van der Waals surface area contributed by atoms with Gasteiger partial charge in [-0.25, -0.2) is 0 Å². The molecule has 1 heterocycles. The third kappa shape index (κ3) is 4.92. The highest BCUT2D eigenvalue weighted by Gasteiger charge is 2.30. The Kier molecular flexibility index (Phi) is 7.18. The fourth-order valence-corrected chi connectivity index (χ4v) is 3.80. The number of benzene rings is 2. The Morgan fingerprint density at radius 3 is 2.59 bits per heavy atom. The van der Waals surface area contributed by atoms with Gasteiger partial charge in [0.05, 0.1) is 24.2 Å². The maximum atomic E-state index is 13.5. The van der Waals surface area contributed by atoms with Crippen LogP contribution in [0.25, 0.3) is 10.9 Å². The third-order valence-electron chi connectivity index (χ3n) is 5.45. The minimum Gasteiger partial charge on any atom is -0.497 e. The van der Waals surface area contributed by atoms with E-state index in [0.29, 0.717) is 0 Å². The van der Waals surface area contributed by atoms with Crippen LogP contribution in [0, 0.1) is 5.92 Å². The Morgan fingerprint density at radius 1 is 1.10 bits per heavy atom. The zero-order valence-corrected chi connectivity index (χ0v) is 17.3. The van der Waals surface area contributed by atoms with E-state index in [2.05, 4.69) is 13.5 Å². The number of carbonyl (C=O) groups excluding carboxylic acids is 1. The quantitative estimate of drug-likeness (QED) is 0.224. The van der Waals surface area contributed by atoms with Gasteiger partial charge >= 0.3 is 0 Å². The van der Waals surface area contributed by atoms with Crippen molar-refractivity contribution >= 4 is 16.7 Å². The molecular formula is C26H29NO2. The molecule has 2 aromatic carbocycles. The lowest BCUT2D eigenvalue weighted by molar-refractivity contribution is 0.0935. The van der Waals surface area contributed by atoms with Gasteiger partial charge in [-0.05, 0) is 36.6 Å². The Bertz CT molecular complexity index is 965. The number of aromatic nitrogens is 1. The first-order chi connectivity index (χ1) is 14.2. The average molecular weight is 388 g/mol. The molecule has 0 saturated carbocycles. The molecule has 3 aromatic rings. The van der Waals surface area contributed by atoms with Crippen molar-refractivity contribution in [3.63, 3.8) is 0 Å². The molecule has 29 heavy (non-hydrogen) atoms. The van der Waals surface area contributed by atoms with E-state index < -0.39 is 0 Å². The van der Waals surface area contributed by atoms with Crippen molar-refractivity contribution in [1.29, 1.82) is 0 Å². The summed E-state index contributed by atoms with van der Waals surface area (Å²) in [6.45, 7) is 6.24. The second kappa shape index (κ2) is 10.0. The summed E-state index contributed by atoms with van der Waals surface area (Å²) >= 11 is 0. The summed E-state index contributed by atoms with van der Waals surface area (Å²) in [7, 11) is 1.66. The first-order valence-electron chi connectivity index (χ1n) is 10.3. The summed E-state index contributed by atoms with van der Waals surface area (Å²) in [5, 5.41) is 1.00. The van der Waals surface area contributed by atoms with Gasteiger partial charge < -0.3 is 4.74 Å². The fraction of sp³-hybridized carbons (Fsp3) is 0.308. The van der Waals surface area contributed by atoms with Crippen molar-refractivity contribution in [2.45, 2.75) is 38.5 Å². The predicted molar refractivity (Wildman–Crippen MR) is 120 cm³/mol. The number of fused-ring (bicyclic) bond motifs is 1. The van der Waals surface area contributed by atoms with Gasteiger partial charge in [0.1, 0.15) is 5.75 Å². The first-order valence-corrected chi connectivity index (χ1v) is 10.3. The molecule has 0 spiro atoms. The Labute approximate surface area is 173 Å². The molecular weight excluding hydrogens is 358 g/mol. The van der Waals surface area contributed by atoms with Gasteiger partial charge in [0.2, 0.25) is 0 Å². The van der Waals surface area contributed by atoms with Crippen molar-refractivity contribution in [3.05, 3.63) is 84.6 Å². The lowest BCUT2D eigenvalue weighted by atomic mass is 9.80. The molecule has 0 aliphatic rings. The molecule has 3 rings (SSSR count). The van der Waals surface area contributed by atoms with Crippen LogP contribution in [0.4, 0.5) is 0 Å². The Balaban J connectivity index is 2.02. The maximum absolute atomic E-state index is 13.5. The first kappa shape index (κ1) is 20.8. The molecule has 0 saturated heterocycles. The average Bonchev–Trinajstić information content (AvgIpc) is 2.78. The van der Waals surface area contributed by atoms with E-state index in [1.807, 2.05) is 66.7 Å². The van der Waals surface area contributed by atoms with Gasteiger partial charge in [0, 0.05) is 10.9 Å². The van der Waals surface area contributed by atoms with Crippen molar-refractivity contribution < 1.29 is 9.53 Å². The molecule has 150 valence electrons. The number of methoxy groups -OCH3 is 1. The van der Waals surface area contributed by atoms with E-state index >= 15 is 0 Å². The molecule has 0 amide bonds. The molecule has 0 fully saturated rings. The molecule has 0 aliphatic carbocycles. The number of pyridine rings is 1. The molecule has 0 N–H and O–H groups in total. The number of carbonyl (C=O) groups is 1. The summed E-state index contributed by atoms with van der Waals surface area (Å²) < 4.78 is 5.31.